The van der Waals surface area contributed by atoms with Crippen LogP contribution >= 0.6 is 10.7 Å². The molecule has 0 aliphatic carbocycles. The molecule has 0 spiro atoms. The maximum Gasteiger partial charge on any atom is 0.296 e. The molecule has 1 atom stereocenters. The molecule has 0 bridgehead atoms. The number of fused-ring (bicyclic) bond motifs is 1. The van der Waals surface area contributed by atoms with E-state index in [2.05, 4.69) is 9.17 Å². The van der Waals surface area contributed by atoms with E-state index in [1.165, 1.54) is 12.1 Å². The standard InChI is InChI=1S/C8H10O3S.C7H7N2S/c1-7-3-5-8(6-4-7)12(9,10)11-2;8-10-5-9-6-3-1-2-4-7(6)10/h3-6H,1-2H3;1-5H,8H2/q;+1. The average molecular weight is 337 g/mol. The van der Waals surface area contributed by atoms with Gasteiger partial charge >= 0.3 is 0 Å². The summed E-state index contributed by atoms with van der Waals surface area (Å²) in [5.41, 5.74) is 3.84. The quantitative estimate of drug-likeness (QED) is 0.574. The Morgan fingerprint density at radius 2 is 1.73 bits per heavy atom. The lowest BCUT2D eigenvalue weighted by molar-refractivity contribution is 0.398. The van der Waals surface area contributed by atoms with E-state index in [9.17, 15) is 8.42 Å². The van der Waals surface area contributed by atoms with E-state index in [0.29, 0.717) is 0 Å². The monoisotopic (exact) mass is 337 g/mol. The van der Waals surface area contributed by atoms with Crippen LogP contribution in [0.5, 0.6) is 0 Å². The van der Waals surface area contributed by atoms with E-state index in [1.54, 1.807) is 17.6 Å². The fourth-order valence-electron chi connectivity index (χ4n) is 1.73. The van der Waals surface area contributed by atoms with Crippen molar-refractivity contribution < 1.29 is 12.6 Å². The van der Waals surface area contributed by atoms with Crippen molar-refractivity contribution in [3.63, 3.8) is 0 Å². The lowest BCUT2D eigenvalue weighted by Crippen LogP contribution is -2.02. The molecular weight excluding hydrogens is 320 g/mol. The molecule has 2 aromatic carbocycles. The lowest BCUT2D eigenvalue weighted by Gasteiger charge is -2.00. The predicted octanol–water partition coefficient (Wildman–Crippen LogP) is 3.03. The van der Waals surface area contributed by atoms with Crippen molar-refractivity contribution in [1.29, 1.82) is 0 Å². The van der Waals surface area contributed by atoms with Crippen molar-refractivity contribution in [1.82, 2.24) is 4.98 Å². The molecule has 22 heavy (non-hydrogen) atoms. The third-order valence-corrected chi connectivity index (χ3v) is 5.43. The Morgan fingerprint density at radius 3 is 2.32 bits per heavy atom. The van der Waals surface area contributed by atoms with E-state index in [1.807, 2.05) is 31.2 Å². The van der Waals surface area contributed by atoms with Gasteiger partial charge in [-0.25, -0.2) is 0 Å². The zero-order valence-corrected chi connectivity index (χ0v) is 13.9. The Kier molecular flexibility index (Phi) is 5.25. The van der Waals surface area contributed by atoms with Crippen molar-refractivity contribution in [2.45, 2.75) is 11.8 Å². The second-order valence-electron chi connectivity index (χ2n) is 4.51. The van der Waals surface area contributed by atoms with Crippen molar-refractivity contribution in [3.05, 3.63) is 59.6 Å². The molecule has 2 N–H and O–H groups in total. The maximum absolute atomic E-state index is 11.1. The van der Waals surface area contributed by atoms with Crippen LogP contribution in [0.25, 0.3) is 10.2 Å². The molecule has 1 heterocycles. The number of nitrogens with zero attached hydrogens (tertiary/aromatic N) is 1. The van der Waals surface area contributed by atoms with Crippen LogP contribution in [-0.4, -0.2) is 20.5 Å². The van der Waals surface area contributed by atoms with Gasteiger partial charge in [0.2, 0.25) is 4.70 Å². The molecular formula is C15H17N2O3S2+. The molecule has 0 saturated carbocycles. The highest BCUT2D eigenvalue weighted by Crippen LogP contribution is 2.22. The van der Waals surface area contributed by atoms with Crippen LogP contribution in [-0.2, 0) is 14.3 Å². The Balaban J connectivity index is 0.000000162. The summed E-state index contributed by atoms with van der Waals surface area (Å²) in [5.74, 6) is 0. The van der Waals surface area contributed by atoms with E-state index >= 15 is 0 Å². The number of hydrogen-bond donors (Lipinski definition) is 1. The second-order valence-corrected chi connectivity index (χ2v) is 7.62. The van der Waals surface area contributed by atoms with Gasteiger partial charge in [0.25, 0.3) is 15.6 Å². The SMILES string of the molecule is COS(=O)(=O)c1ccc(C)cc1.N[s+]1cnc2ccccc21. The molecule has 3 aromatic rings. The van der Waals surface area contributed by atoms with Gasteiger partial charge in [0.15, 0.2) is 0 Å². The number of thiazole rings is 1. The van der Waals surface area contributed by atoms with Crippen molar-refractivity contribution in [2.24, 2.45) is 0 Å². The maximum atomic E-state index is 11.1. The summed E-state index contributed by atoms with van der Waals surface area (Å²) in [6.07, 6.45) is 0. The van der Waals surface area contributed by atoms with Crippen LogP contribution in [0.4, 0.5) is 0 Å². The van der Waals surface area contributed by atoms with Crippen LogP contribution in [0.1, 0.15) is 5.56 Å². The summed E-state index contributed by atoms with van der Waals surface area (Å²) in [6.45, 7) is 1.89. The average Bonchev–Trinajstić information content (AvgIpc) is 2.90. The molecule has 116 valence electrons. The van der Waals surface area contributed by atoms with Gasteiger partial charge in [-0.05, 0) is 25.1 Å². The molecule has 1 aromatic heterocycles. The summed E-state index contributed by atoms with van der Waals surface area (Å²) in [6, 6.07) is 14.5. The minimum absolute atomic E-state index is 0.190. The Morgan fingerprint density at radius 1 is 1.09 bits per heavy atom. The third-order valence-electron chi connectivity index (χ3n) is 2.95. The van der Waals surface area contributed by atoms with E-state index in [0.717, 1.165) is 22.9 Å². The fourth-order valence-corrected chi connectivity index (χ4v) is 3.34. The summed E-state index contributed by atoms with van der Waals surface area (Å²) in [5, 5.41) is 5.72. The fraction of sp³-hybridized carbons (Fsp3) is 0.133. The molecule has 0 amide bonds. The smallest absolute Gasteiger partial charge is 0.270 e. The van der Waals surface area contributed by atoms with Gasteiger partial charge in [0.1, 0.15) is 5.52 Å². The molecule has 1 unspecified atom stereocenters. The van der Waals surface area contributed by atoms with Crippen molar-refractivity contribution in [2.75, 3.05) is 12.2 Å². The number of benzene rings is 2. The van der Waals surface area contributed by atoms with Crippen LogP contribution in [0.15, 0.2) is 58.9 Å². The molecule has 0 fully saturated rings. The van der Waals surface area contributed by atoms with Gasteiger partial charge in [0, 0.05) is 6.07 Å². The largest absolute Gasteiger partial charge is 0.296 e. The first kappa shape index (κ1) is 16.6. The Bertz CT molecular complexity index is 856. The molecule has 0 aliphatic rings. The van der Waals surface area contributed by atoms with E-state index in [-0.39, 0.29) is 15.6 Å². The minimum Gasteiger partial charge on any atom is -0.270 e. The highest BCUT2D eigenvalue weighted by molar-refractivity contribution is 7.86. The zero-order valence-electron chi connectivity index (χ0n) is 12.3. The molecule has 5 nitrogen and oxygen atoms in total. The normalized spacial score (nSPS) is 11.9. The number of hydrogen-bond acceptors (Lipinski definition) is 5. The van der Waals surface area contributed by atoms with E-state index in [4.69, 9.17) is 5.14 Å². The number of aryl methyl sites for hydroxylation is 1. The number of rotatable bonds is 2. The lowest BCUT2D eigenvalue weighted by atomic mass is 10.2. The van der Waals surface area contributed by atoms with Gasteiger partial charge < -0.3 is 0 Å². The molecule has 3 rings (SSSR count). The van der Waals surface area contributed by atoms with Crippen molar-refractivity contribution in [3.8, 4) is 0 Å². The van der Waals surface area contributed by atoms with Gasteiger partial charge in [-0.3, -0.25) is 4.18 Å². The summed E-state index contributed by atoms with van der Waals surface area (Å²) in [4.78, 5) is 4.33. The van der Waals surface area contributed by atoms with Gasteiger partial charge in [0.05, 0.1) is 22.7 Å². The van der Waals surface area contributed by atoms with Gasteiger partial charge in [-0.2, -0.15) is 13.4 Å². The highest BCUT2D eigenvalue weighted by Gasteiger charge is 2.11. The van der Waals surface area contributed by atoms with E-state index < -0.39 is 10.1 Å². The number of nitrogens with two attached hydrogens (primary N) is 1. The van der Waals surface area contributed by atoms with Gasteiger partial charge in [-0.1, -0.05) is 29.8 Å². The highest BCUT2D eigenvalue weighted by atomic mass is 32.2. The third kappa shape index (κ3) is 3.89. The predicted molar refractivity (Wildman–Crippen MR) is 89.7 cm³/mol. The summed E-state index contributed by atoms with van der Waals surface area (Å²) < 4.78 is 27.7. The zero-order chi connectivity index (χ0) is 16.2. The molecule has 0 saturated heterocycles. The first-order valence-corrected chi connectivity index (χ1v) is 9.18. The topological polar surface area (TPSA) is 82.3 Å². The molecule has 7 heteroatoms. The van der Waals surface area contributed by atoms with Crippen LogP contribution in [0.3, 0.4) is 0 Å². The first-order valence-electron chi connectivity index (χ1n) is 6.42. The number of para-hydroxylation sites is 1. The minimum atomic E-state index is -3.51. The number of aromatic nitrogens is 1. The first-order chi connectivity index (χ1) is 10.4. The van der Waals surface area contributed by atoms with Crippen molar-refractivity contribution >= 4 is 31.0 Å². The molecule has 0 radical (unpaired) electrons. The summed E-state index contributed by atoms with van der Waals surface area (Å²) >= 11 is 0. The Hall–Kier alpha value is -1.80. The van der Waals surface area contributed by atoms with Crippen LogP contribution in [0.2, 0.25) is 0 Å². The number of nitrogen functional groups attached to an aromatic ring is 1. The second kappa shape index (κ2) is 6.97. The van der Waals surface area contributed by atoms with Crippen LogP contribution < -0.4 is 5.14 Å². The molecule has 0 aliphatic heterocycles. The Labute approximate surface area is 132 Å². The van der Waals surface area contributed by atoms with Gasteiger partial charge in [-0.15, -0.1) is 5.14 Å². The van der Waals surface area contributed by atoms with Crippen LogP contribution in [0, 0.1) is 6.92 Å². The summed E-state index contributed by atoms with van der Waals surface area (Å²) in [7, 11) is -2.61.